The maximum Gasteiger partial charge on any atom is 0.126 e. The lowest BCUT2D eigenvalue weighted by molar-refractivity contribution is 0.287. The number of rotatable bonds is 6. The molecule has 12 bridgehead atoms. The van der Waals surface area contributed by atoms with Gasteiger partial charge in [-0.3, -0.25) is 0 Å². The second kappa shape index (κ2) is 15.3. The van der Waals surface area contributed by atoms with Crippen molar-refractivity contribution in [3.63, 3.8) is 0 Å². The van der Waals surface area contributed by atoms with E-state index in [1.165, 1.54) is 87.7 Å². The molecule has 0 aliphatic heterocycles. The first-order valence-corrected chi connectivity index (χ1v) is 21.7. The van der Waals surface area contributed by atoms with Crippen LogP contribution in [0.1, 0.15) is 175 Å². The topological polar surface area (TPSA) is 47.9 Å². The van der Waals surface area contributed by atoms with E-state index in [-0.39, 0.29) is 5.92 Å². The lowest BCUT2D eigenvalue weighted by Gasteiger charge is -2.41. The zero-order chi connectivity index (χ0) is 36.8. The summed E-state index contributed by atoms with van der Waals surface area (Å²) in [6.45, 7) is 8.32. The third-order valence-corrected chi connectivity index (χ3v) is 13.7. The molecule has 0 unspecified atom stereocenters. The summed E-state index contributed by atoms with van der Waals surface area (Å²) in [5.41, 5.74) is 15.9. The largest absolute Gasteiger partial charge is 0.507 e. The van der Waals surface area contributed by atoms with Crippen molar-refractivity contribution in [2.24, 2.45) is 0 Å². The van der Waals surface area contributed by atoms with Crippen molar-refractivity contribution < 1.29 is 19.3 Å². The Morgan fingerprint density at radius 1 is 0.426 bits per heavy atom. The molecule has 0 amide bonds. The lowest BCUT2D eigenvalue weighted by Crippen LogP contribution is -2.25. The number of phenolic OH excluding ortho intramolecular Hbond substituents is 1. The van der Waals surface area contributed by atoms with Crippen LogP contribution in [0.3, 0.4) is 0 Å². The number of fused-ring (bicyclic) bond motifs is 8. The van der Waals surface area contributed by atoms with Gasteiger partial charge in [-0.25, -0.2) is 0 Å². The Hall–Kier alpha value is -3.92. The van der Waals surface area contributed by atoms with Crippen LogP contribution in [0, 0.1) is 0 Å². The van der Waals surface area contributed by atoms with Gasteiger partial charge in [-0.15, -0.1) is 0 Å². The molecule has 9 rings (SSSR count). The maximum atomic E-state index is 12.4. The summed E-state index contributed by atoms with van der Waals surface area (Å²) >= 11 is 0. The monoisotopic (exact) mass is 724 g/mol. The molecule has 4 nitrogen and oxygen atoms in total. The van der Waals surface area contributed by atoms with Crippen molar-refractivity contribution in [3.05, 3.63) is 115 Å². The molecule has 2 saturated carbocycles. The summed E-state index contributed by atoms with van der Waals surface area (Å²) in [5, 5.41) is 12.4. The summed E-state index contributed by atoms with van der Waals surface area (Å²) in [6, 6.07) is 19.6. The van der Waals surface area contributed by atoms with Gasteiger partial charge in [0.25, 0.3) is 0 Å². The number of hydrogen-bond acceptors (Lipinski definition) is 4. The number of phenols is 1. The highest BCUT2D eigenvalue weighted by atomic mass is 16.5. The Morgan fingerprint density at radius 3 is 1.09 bits per heavy atom. The zero-order valence-corrected chi connectivity index (χ0v) is 33.0. The van der Waals surface area contributed by atoms with E-state index in [1.807, 2.05) is 0 Å². The number of ether oxygens (including phenoxy) is 3. The van der Waals surface area contributed by atoms with Crippen molar-refractivity contribution in [2.75, 3.05) is 19.8 Å². The van der Waals surface area contributed by atoms with Crippen LogP contribution in [-0.4, -0.2) is 24.9 Å². The van der Waals surface area contributed by atoms with Gasteiger partial charge in [0.15, 0.2) is 0 Å². The molecular weight excluding hydrogens is 665 g/mol. The average Bonchev–Trinajstić information content (AvgIpc) is 3.12. The van der Waals surface area contributed by atoms with E-state index in [2.05, 4.69) is 69.3 Å². The summed E-state index contributed by atoms with van der Waals surface area (Å²) in [4.78, 5) is 0. The molecule has 5 aliphatic carbocycles. The Labute approximate surface area is 323 Å². The van der Waals surface area contributed by atoms with Crippen LogP contribution < -0.4 is 14.2 Å². The predicted molar refractivity (Wildman–Crippen MR) is 219 cm³/mol. The first-order valence-electron chi connectivity index (χ1n) is 21.7. The van der Waals surface area contributed by atoms with E-state index in [1.54, 1.807) is 0 Å². The SMILES string of the molecule is CCOc1c2cc3cc1[C@H]1CC[C@H]1c1cc(cc(c1O)Cc1cc4cc(c1OCC)[C@H]1CC[C@H]1c1cc(cc(c1OCC)C2)CCCCC4)CCCCC3. The summed E-state index contributed by atoms with van der Waals surface area (Å²) in [7, 11) is 0. The van der Waals surface area contributed by atoms with Gasteiger partial charge in [0.2, 0.25) is 0 Å². The van der Waals surface area contributed by atoms with E-state index >= 15 is 0 Å². The van der Waals surface area contributed by atoms with Crippen molar-refractivity contribution in [2.45, 2.75) is 147 Å². The van der Waals surface area contributed by atoms with Gasteiger partial charge in [0.05, 0.1) is 19.8 Å². The standard InChI is InChI=1S/C50H60O4/c1-4-52-48-36-22-32-14-11-8-12-16-34-24-38(50(54-6-3)46(28-34)42-20-19-41(42)45(48)27-32)30-37-23-33-15-10-7-9-13-31-21-35(29-36)47(51)43(25-31)39-17-18-40(39)44(26-33)49(37)53-5-2/h21-28,39-42,51H,4-20,29-30H2,1-3H3/t39-,40+,41+,42-/m1/s1. The van der Waals surface area contributed by atoms with Crippen LogP contribution in [0.4, 0.5) is 0 Å². The van der Waals surface area contributed by atoms with E-state index in [0.29, 0.717) is 49.7 Å². The number of hydrogen-bond donors (Lipinski definition) is 1. The lowest BCUT2D eigenvalue weighted by atomic mass is 9.64. The Bertz CT molecular complexity index is 2020. The van der Waals surface area contributed by atoms with Gasteiger partial charge in [0.1, 0.15) is 23.0 Å². The molecule has 284 valence electrons. The summed E-state index contributed by atoms with van der Waals surface area (Å²) < 4.78 is 20.3. The normalized spacial score (nSPS) is 22.9. The fourth-order valence-corrected chi connectivity index (χ4v) is 10.9. The minimum atomic E-state index is 0.262. The fourth-order valence-electron chi connectivity index (χ4n) is 10.9. The first-order chi connectivity index (χ1) is 26.5. The third-order valence-electron chi connectivity index (χ3n) is 13.7. The highest BCUT2D eigenvalue weighted by molar-refractivity contribution is 5.59. The van der Waals surface area contributed by atoms with Crippen LogP contribution in [0.25, 0.3) is 0 Å². The van der Waals surface area contributed by atoms with Crippen molar-refractivity contribution >= 4 is 0 Å². The van der Waals surface area contributed by atoms with Gasteiger partial charge in [-0.05, 0) is 188 Å². The highest BCUT2D eigenvalue weighted by Gasteiger charge is 2.41. The fraction of sp³-hybridized carbons (Fsp3) is 0.520. The zero-order valence-electron chi connectivity index (χ0n) is 33.0. The third kappa shape index (κ3) is 6.60. The molecule has 1 N–H and O–H groups in total. The van der Waals surface area contributed by atoms with E-state index in [0.717, 1.165) is 92.6 Å². The minimum Gasteiger partial charge on any atom is -0.507 e. The van der Waals surface area contributed by atoms with Crippen molar-refractivity contribution in [1.29, 1.82) is 0 Å². The van der Waals surface area contributed by atoms with Gasteiger partial charge in [-0.1, -0.05) is 61.4 Å². The summed E-state index contributed by atoms with van der Waals surface area (Å²) in [5.74, 6) is 5.05. The molecule has 0 heterocycles. The predicted octanol–water partition coefficient (Wildman–Crippen LogP) is 11.9. The molecule has 0 radical (unpaired) electrons. The first kappa shape index (κ1) is 35.8. The molecule has 0 spiro atoms. The molecule has 5 aliphatic rings. The Kier molecular flexibility index (Phi) is 10.1. The van der Waals surface area contributed by atoms with E-state index in [4.69, 9.17) is 14.2 Å². The molecule has 4 aromatic carbocycles. The van der Waals surface area contributed by atoms with Crippen LogP contribution >= 0.6 is 0 Å². The van der Waals surface area contributed by atoms with Crippen molar-refractivity contribution in [3.8, 4) is 23.0 Å². The van der Waals surface area contributed by atoms with Gasteiger partial charge >= 0.3 is 0 Å². The quantitative estimate of drug-likeness (QED) is 0.215. The van der Waals surface area contributed by atoms with Gasteiger partial charge in [0, 0.05) is 12.8 Å². The molecule has 54 heavy (non-hydrogen) atoms. The number of aromatic hydroxyl groups is 1. The summed E-state index contributed by atoms with van der Waals surface area (Å²) in [6.07, 6.45) is 17.4. The molecule has 4 heteroatoms. The molecule has 4 aromatic rings. The van der Waals surface area contributed by atoms with Gasteiger partial charge < -0.3 is 19.3 Å². The van der Waals surface area contributed by atoms with Crippen LogP contribution in [-0.2, 0) is 38.5 Å². The van der Waals surface area contributed by atoms with Gasteiger partial charge in [-0.2, -0.15) is 0 Å². The van der Waals surface area contributed by atoms with Crippen LogP contribution in [0.15, 0.2) is 48.5 Å². The highest BCUT2D eigenvalue weighted by Crippen LogP contribution is 2.57. The number of benzene rings is 4. The molecule has 2 fully saturated rings. The molecule has 0 aromatic heterocycles. The second-order valence-electron chi connectivity index (χ2n) is 17.1. The number of aryl methyl sites for hydroxylation is 4. The average molecular weight is 725 g/mol. The minimum absolute atomic E-state index is 0.262. The van der Waals surface area contributed by atoms with Crippen LogP contribution in [0.5, 0.6) is 23.0 Å². The molecule has 4 atom stereocenters. The van der Waals surface area contributed by atoms with E-state index in [9.17, 15) is 5.11 Å². The Morgan fingerprint density at radius 2 is 0.741 bits per heavy atom. The molecular formula is C50H60O4. The smallest absolute Gasteiger partial charge is 0.126 e. The Balaban J connectivity index is 1.35. The van der Waals surface area contributed by atoms with Crippen molar-refractivity contribution in [1.82, 2.24) is 0 Å². The maximum absolute atomic E-state index is 12.4. The second-order valence-corrected chi connectivity index (χ2v) is 17.1. The van der Waals surface area contributed by atoms with Crippen LogP contribution in [0.2, 0.25) is 0 Å². The molecule has 0 saturated heterocycles. The van der Waals surface area contributed by atoms with E-state index < -0.39 is 0 Å².